The molecule has 0 bridgehead atoms. The monoisotopic (exact) mass is 328 g/mol. The number of nitrogens with one attached hydrogen (secondary N) is 3. The minimum atomic E-state index is -0.570. The van der Waals surface area contributed by atoms with Crippen LogP contribution in [0.3, 0.4) is 0 Å². The van der Waals surface area contributed by atoms with Crippen molar-refractivity contribution in [3.63, 3.8) is 0 Å². The third-order valence-corrected chi connectivity index (χ3v) is 2.99. The highest BCUT2D eigenvalue weighted by Crippen LogP contribution is 2.07. The van der Waals surface area contributed by atoms with Gasteiger partial charge >= 0.3 is 6.03 Å². The number of amides is 3. The summed E-state index contributed by atoms with van der Waals surface area (Å²) in [6, 6.07) is 12.3. The van der Waals surface area contributed by atoms with Crippen LogP contribution in [0.5, 0.6) is 0 Å². The van der Waals surface area contributed by atoms with Gasteiger partial charge < -0.3 is 10.6 Å². The van der Waals surface area contributed by atoms with Crippen LogP contribution in [0.4, 0.5) is 14.9 Å². The summed E-state index contributed by atoms with van der Waals surface area (Å²) in [5.74, 6) is -0.862. The topological polar surface area (TPSA) is 82.6 Å². The average molecular weight is 328 g/mol. The lowest BCUT2D eigenvalue weighted by molar-refractivity contribution is -0.120. The molecule has 0 aliphatic rings. The molecule has 3 amide bonds. The number of halogens is 1. The van der Waals surface area contributed by atoms with E-state index in [2.05, 4.69) is 21.2 Å². The molecule has 0 unspecified atom stereocenters. The highest BCUT2D eigenvalue weighted by Gasteiger charge is 2.04. The quantitative estimate of drug-likeness (QED) is 0.582. The molecule has 7 heteroatoms. The van der Waals surface area contributed by atoms with E-state index in [1.807, 2.05) is 31.2 Å². The van der Waals surface area contributed by atoms with Gasteiger partial charge in [0.1, 0.15) is 12.4 Å². The van der Waals surface area contributed by atoms with Crippen LogP contribution in [-0.2, 0) is 4.79 Å². The first-order valence-corrected chi connectivity index (χ1v) is 7.22. The van der Waals surface area contributed by atoms with Crippen molar-refractivity contribution in [3.8, 4) is 0 Å². The summed E-state index contributed by atoms with van der Waals surface area (Å²) in [6.45, 7) is 1.74. The Bertz CT molecular complexity index is 727. The maximum absolute atomic E-state index is 12.7. The maximum Gasteiger partial charge on any atom is 0.319 e. The van der Waals surface area contributed by atoms with Gasteiger partial charge in [0.05, 0.1) is 6.21 Å². The van der Waals surface area contributed by atoms with E-state index in [4.69, 9.17) is 0 Å². The number of nitrogens with zero attached hydrogens (tertiary/aromatic N) is 1. The summed E-state index contributed by atoms with van der Waals surface area (Å²) in [5.41, 5.74) is 4.72. The molecule has 3 N–H and O–H groups in total. The van der Waals surface area contributed by atoms with Gasteiger partial charge in [-0.05, 0) is 36.8 Å². The second kappa shape index (κ2) is 8.42. The Labute approximate surface area is 138 Å². The number of aryl methyl sites for hydroxylation is 1. The fraction of sp³-hybridized carbons (Fsp3) is 0.118. The normalized spacial score (nSPS) is 10.4. The predicted octanol–water partition coefficient (Wildman–Crippen LogP) is 2.41. The van der Waals surface area contributed by atoms with Crippen LogP contribution < -0.4 is 16.1 Å². The zero-order chi connectivity index (χ0) is 17.4. The number of carbonyl (C=O) groups excluding carboxylic acids is 2. The number of rotatable bonds is 5. The van der Waals surface area contributed by atoms with Gasteiger partial charge in [0.15, 0.2) is 0 Å². The van der Waals surface area contributed by atoms with E-state index in [-0.39, 0.29) is 6.54 Å². The van der Waals surface area contributed by atoms with Gasteiger partial charge in [0, 0.05) is 5.69 Å². The number of hydrogen-bond acceptors (Lipinski definition) is 3. The minimum Gasteiger partial charge on any atom is -0.329 e. The van der Waals surface area contributed by atoms with E-state index >= 15 is 0 Å². The molecule has 0 fully saturated rings. The minimum absolute atomic E-state index is 0.238. The van der Waals surface area contributed by atoms with E-state index < -0.39 is 17.8 Å². The van der Waals surface area contributed by atoms with Crippen LogP contribution in [-0.4, -0.2) is 24.7 Å². The summed E-state index contributed by atoms with van der Waals surface area (Å²) in [4.78, 5) is 23.2. The van der Waals surface area contributed by atoms with Crippen LogP contribution in [0.1, 0.15) is 11.1 Å². The third kappa shape index (κ3) is 5.88. The molecular formula is C17H17FN4O2. The zero-order valence-corrected chi connectivity index (χ0v) is 13.0. The first-order chi connectivity index (χ1) is 11.5. The maximum atomic E-state index is 12.7. The number of benzene rings is 2. The van der Waals surface area contributed by atoms with Crippen molar-refractivity contribution in [1.82, 2.24) is 10.7 Å². The number of hydrazone groups is 1. The largest absolute Gasteiger partial charge is 0.329 e. The Balaban J connectivity index is 1.71. The average Bonchev–Trinajstić information content (AvgIpc) is 2.57. The number of urea groups is 1. The highest BCUT2D eigenvalue weighted by atomic mass is 19.1. The second-order valence-corrected chi connectivity index (χ2v) is 5.02. The molecule has 0 aromatic heterocycles. The number of carbonyl (C=O) groups is 2. The molecule has 6 nitrogen and oxygen atoms in total. The van der Waals surface area contributed by atoms with E-state index in [1.54, 1.807) is 0 Å². The van der Waals surface area contributed by atoms with Crippen LogP contribution >= 0.6 is 0 Å². The van der Waals surface area contributed by atoms with Crippen LogP contribution in [0.25, 0.3) is 0 Å². The summed E-state index contributed by atoms with van der Waals surface area (Å²) >= 11 is 0. The van der Waals surface area contributed by atoms with Crippen LogP contribution in [0, 0.1) is 12.7 Å². The summed E-state index contributed by atoms with van der Waals surface area (Å²) in [7, 11) is 0. The molecule has 0 aliphatic heterocycles. The Morgan fingerprint density at radius 2 is 1.75 bits per heavy atom. The zero-order valence-electron chi connectivity index (χ0n) is 13.0. The van der Waals surface area contributed by atoms with Crippen LogP contribution in [0.2, 0.25) is 0 Å². The van der Waals surface area contributed by atoms with Gasteiger partial charge in [0.25, 0.3) is 5.91 Å². The Kier molecular flexibility index (Phi) is 6.01. The van der Waals surface area contributed by atoms with Crippen molar-refractivity contribution in [2.75, 3.05) is 11.9 Å². The van der Waals surface area contributed by atoms with E-state index in [0.29, 0.717) is 5.69 Å². The van der Waals surface area contributed by atoms with Gasteiger partial charge in [-0.1, -0.05) is 29.8 Å². The lowest BCUT2D eigenvalue weighted by Crippen LogP contribution is -2.37. The standard InChI is InChI=1S/C17H17FN4O2/c1-12-2-4-13(5-3-12)10-20-22-16(23)11-19-17(24)21-15-8-6-14(18)7-9-15/h2-10H,11H2,1H3,(H,22,23)(H2,19,21,24)/b20-10-. The fourth-order valence-corrected chi connectivity index (χ4v) is 1.74. The first-order valence-electron chi connectivity index (χ1n) is 7.22. The van der Waals surface area contributed by atoms with Crippen molar-refractivity contribution in [2.45, 2.75) is 6.92 Å². The van der Waals surface area contributed by atoms with Gasteiger partial charge in [0.2, 0.25) is 0 Å². The lowest BCUT2D eigenvalue weighted by atomic mass is 10.2. The van der Waals surface area contributed by atoms with Gasteiger partial charge in [-0.25, -0.2) is 14.6 Å². The molecule has 2 rings (SSSR count). The molecule has 0 radical (unpaired) electrons. The molecular weight excluding hydrogens is 311 g/mol. The molecule has 0 saturated carbocycles. The Morgan fingerprint density at radius 1 is 1.08 bits per heavy atom. The lowest BCUT2D eigenvalue weighted by Gasteiger charge is -2.06. The predicted molar refractivity (Wildman–Crippen MR) is 90.3 cm³/mol. The van der Waals surface area contributed by atoms with Crippen molar-refractivity contribution < 1.29 is 14.0 Å². The molecule has 124 valence electrons. The van der Waals surface area contributed by atoms with E-state index in [9.17, 15) is 14.0 Å². The molecule has 0 saturated heterocycles. The molecule has 2 aromatic rings. The van der Waals surface area contributed by atoms with Crippen molar-refractivity contribution >= 4 is 23.8 Å². The molecule has 2 aromatic carbocycles. The summed E-state index contributed by atoms with van der Waals surface area (Å²) in [6.07, 6.45) is 1.51. The molecule has 0 atom stereocenters. The Hall–Kier alpha value is -3.22. The number of hydrogen-bond donors (Lipinski definition) is 3. The first kappa shape index (κ1) is 17.1. The van der Waals surface area contributed by atoms with Gasteiger partial charge in [-0.2, -0.15) is 5.10 Å². The van der Waals surface area contributed by atoms with E-state index in [1.165, 1.54) is 30.5 Å². The smallest absolute Gasteiger partial charge is 0.319 e. The number of anilines is 1. The molecule has 0 aliphatic carbocycles. The van der Waals surface area contributed by atoms with E-state index in [0.717, 1.165) is 11.1 Å². The second-order valence-electron chi connectivity index (χ2n) is 5.02. The SMILES string of the molecule is Cc1ccc(/C=N\NC(=O)CNC(=O)Nc2ccc(F)cc2)cc1. The molecule has 0 spiro atoms. The highest BCUT2D eigenvalue weighted by molar-refractivity contribution is 5.92. The third-order valence-electron chi connectivity index (χ3n) is 2.99. The van der Waals surface area contributed by atoms with Crippen molar-refractivity contribution in [1.29, 1.82) is 0 Å². The molecule has 24 heavy (non-hydrogen) atoms. The summed E-state index contributed by atoms with van der Waals surface area (Å²) < 4.78 is 12.7. The molecule has 0 heterocycles. The van der Waals surface area contributed by atoms with Crippen molar-refractivity contribution in [3.05, 3.63) is 65.5 Å². The van der Waals surface area contributed by atoms with Crippen LogP contribution in [0.15, 0.2) is 53.6 Å². The van der Waals surface area contributed by atoms with Gasteiger partial charge in [-0.15, -0.1) is 0 Å². The fourth-order valence-electron chi connectivity index (χ4n) is 1.74. The van der Waals surface area contributed by atoms with Gasteiger partial charge in [-0.3, -0.25) is 4.79 Å². The Morgan fingerprint density at radius 3 is 2.42 bits per heavy atom. The van der Waals surface area contributed by atoms with Crippen molar-refractivity contribution in [2.24, 2.45) is 5.10 Å². The summed E-state index contributed by atoms with van der Waals surface area (Å²) in [5, 5.41) is 8.65.